The minimum Gasteiger partial charge on any atom is -0.508 e. The topological polar surface area (TPSA) is 161 Å². The number of Topliss-reactive ketones (excluding diaryl/α,β-unsaturated/α-hetero) is 2. The molecule has 1 aromatic carbocycles. The summed E-state index contributed by atoms with van der Waals surface area (Å²) >= 11 is 6.96. The van der Waals surface area contributed by atoms with Gasteiger partial charge in [0, 0.05) is 35.5 Å². The zero-order valence-electron chi connectivity index (χ0n) is 23.8. The van der Waals surface area contributed by atoms with Gasteiger partial charge in [0.2, 0.25) is 5.78 Å². The Hall–Kier alpha value is -2.88. The number of phenols is 1. The van der Waals surface area contributed by atoms with E-state index in [0.717, 1.165) is 6.42 Å². The SMILES string of the molecule is CN(Cc1cc(O)c2c(c1Cl)CC1C[C@H]3CC(=O)C(C(N)=O)=C(O)[C@@]3(O)C(=O)C1=C2O)[C@H]1CC2CCC1(C)C2(C)C. The van der Waals surface area contributed by atoms with Crippen molar-refractivity contribution in [2.24, 2.45) is 34.3 Å². The standard InChI is InChI=1S/C31H37ClN2O7/c1-29(2)15-5-6-30(29,3)20(11-15)34(4)12-14-9-18(35)22-17(24(14)32)8-13-7-16-10-19(36)23(28(33)40)27(39)31(16,41)26(38)21(13)25(22)37/h9,13,15-16,20,35,37,39,41H,5-8,10-12H2,1-4H3,(H2,33,40)/t13?,15?,16-,20-,30?,31-/m0/s1. The third-order valence-corrected chi connectivity index (χ3v) is 12.2. The molecular weight excluding hydrogens is 548 g/mol. The number of rotatable bonds is 4. The first-order valence-electron chi connectivity index (χ1n) is 14.3. The maximum Gasteiger partial charge on any atom is 0.255 e. The predicted molar refractivity (Wildman–Crippen MR) is 151 cm³/mol. The van der Waals surface area contributed by atoms with Crippen molar-refractivity contribution in [1.82, 2.24) is 4.90 Å². The fourth-order valence-electron chi connectivity index (χ4n) is 9.05. The Morgan fingerprint density at radius 1 is 1.12 bits per heavy atom. The molecule has 0 aliphatic heterocycles. The molecule has 6 rings (SSSR count). The van der Waals surface area contributed by atoms with Gasteiger partial charge >= 0.3 is 0 Å². The summed E-state index contributed by atoms with van der Waals surface area (Å²) < 4.78 is 0. The molecule has 10 heteroatoms. The van der Waals surface area contributed by atoms with Gasteiger partial charge in [-0.1, -0.05) is 32.4 Å². The molecule has 3 fully saturated rings. The molecular formula is C31H37ClN2O7. The summed E-state index contributed by atoms with van der Waals surface area (Å²) in [5.41, 5.74) is 3.31. The van der Waals surface area contributed by atoms with Gasteiger partial charge < -0.3 is 26.2 Å². The molecule has 0 spiro atoms. The number of ketones is 2. The Kier molecular flexibility index (Phi) is 6.07. The molecule has 220 valence electrons. The number of halogens is 1. The van der Waals surface area contributed by atoms with Crippen molar-refractivity contribution in [2.45, 2.75) is 77.5 Å². The number of hydrogen-bond donors (Lipinski definition) is 5. The number of aromatic hydroxyl groups is 1. The number of hydrogen-bond acceptors (Lipinski definition) is 8. The third-order valence-electron chi connectivity index (χ3n) is 11.8. The zero-order chi connectivity index (χ0) is 30.0. The lowest BCUT2D eigenvalue weighted by Crippen LogP contribution is -2.58. The molecule has 5 aliphatic rings. The molecule has 6 N–H and O–H groups in total. The number of carbonyl (C=O) groups excluding carboxylic acids is 3. The van der Waals surface area contributed by atoms with E-state index in [0.29, 0.717) is 34.7 Å². The van der Waals surface area contributed by atoms with Gasteiger partial charge in [-0.3, -0.25) is 19.3 Å². The number of fused-ring (bicyclic) bond motifs is 5. The van der Waals surface area contributed by atoms with Crippen LogP contribution in [0, 0.1) is 28.6 Å². The molecule has 1 aromatic rings. The average molecular weight is 585 g/mol. The van der Waals surface area contributed by atoms with Crippen LogP contribution in [0.25, 0.3) is 5.76 Å². The molecule has 0 aromatic heterocycles. The minimum absolute atomic E-state index is 0.0153. The average Bonchev–Trinajstić information content (AvgIpc) is 3.22. The number of carbonyl (C=O) groups is 3. The van der Waals surface area contributed by atoms with Crippen molar-refractivity contribution >= 4 is 34.8 Å². The third kappa shape index (κ3) is 3.52. The van der Waals surface area contributed by atoms with E-state index in [4.69, 9.17) is 17.3 Å². The van der Waals surface area contributed by atoms with Crippen LogP contribution in [0.4, 0.5) is 0 Å². The molecule has 9 nitrogen and oxygen atoms in total. The lowest BCUT2D eigenvalue weighted by molar-refractivity contribution is -0.147. The Morgan fingerprint density at radius 2 is 1.80 bits per heavy atom. The monoisotopic (exact) mass is 584 g/mol. The molecule has 0 heterocycles. The van der Waals surface area contributed by atoms with Crippen molar-refractivity contribution in [3.05, 3.63) is 44.7 Å². The van der Waals surface area contributed by atoms with Gasteiger partial charge in [0.15, 0.2) is 11.4 Å². The highest BCUT2D eigenvalue weighted by Gasteiger charge is 2.62. The summed E-state index contributed by atoms with van der Waals surface area (Å²) in [4.78, 5) is 40.4. The lowest BCUT2D eigenvalue weighted by atomic mass is 9.59. The van der Waals surface area contributed by atoms with Crippen LogP contribution in [-0.4, -0.2) is 61.5 Å². The molecule has 1 amide bonds. The van der Waals surface area contributed by atoms with E-state index in [2.05, 4.69) is 32.7 Å². The number of aliphatic hydroxyl groups is 3. The van der Waals surface area contributed by atoms with Crippen molar-refractivity contribution in [1.29, 1.82) is 0 Å². The van der Waals surface area contributed by atoms with Crippen molar-refractivity contribution < 1.29 is 34.8 Å². The number of primary amides is 1. The molecule has 3 unspecified atom stereocenters. The van der Waals surface area contributed by atoms with Crippen LogP contribution in [0.5, 0.6) is 5.75 Å². The maximum absolute atomic E-state index is 13.7. The first-order chi connectivity index (χ1) is 19.1. The fraction of sp³-hybridized carbons (Fsp3) is 0.581. The summed E-state index contributed by atoms with van der Waals surface area (Å²) in [7, 11) is 2.08. The van der Waals surface area contributed by atoms with Crippen LogP contribution in [0.15, 0.2) is 23.0 Å². The van der Waals surface area contributed by atoms with E-state index < -0.39 is 52.0 Å². The molecule has 3 saturated carbocycles. The highest BCUT2D eigenvalue weighted by atomic mass is 35.5. The lowest BCUT2D eigenvalue weighted by Gasteiger charge is -2.46. The van der Waals surface area contributed by atoms with Crippen molar-refractivity contribution in [2.75, 3.05) is 7.05 Å². The number of phenolic OH excluding ortho intramolecular Hbond substituents is 1. The van der Waals surface area contributed by atoms with Crippen LogP contribution in [0.3, 0.4) is 0 Å². The van der Waals surface area contributed by atoms with Gasteiger partial charge in [0.25, 0.3) is 5.91 Å². The second kappa shape index (κ2) is 8.82. The Bertz CT molecular complexity index is 1500. The minimum atomic E-state index is -2.58. The zero-order valence-corrected chi connectivity index (χ0v) is 24.5. The van der Waals surface area contributed by atoms with E-state index in [1.54, 1.807) is 0 Å². The van der Waals surface area contributed by atoms with Gasteiger partial charge in [0.05, 0.1) is 5.56 Å². The molecule has 0 saturated heterocycles. The number of aliphatic hydroxyl groups excluding tert-OH is 2. The van der Waals surface area contributed by atoms with Crippen molar-refractivity contribution in [3.8, 4) is 5.75 Å². The Morgan fingerprint density at radius 3 is 2.39 bits per heavy atom. The quantitative estimate of drug-likeness (QED) is 0.334. The highest BCUT2D eigenvalue weighted by molar-refractivity contribution is 6.32. The number of benzene rings is 1. The van der Waals surface area contributed by atoms with Crippen LogP contribution in [0.2, 0.25) is 5.02 Å². The molecule has 0 radical (unpaired) electrons. The first-order valence-corrected chi connectivity index (χ1v) is 14.6. The normalized spacial score (nSPS) is 35.6. The van der Waals surface area contributed by atoms with E-state index in [-0.39, 0.29) is 47.0 Å². The van der Waals surface area contributed by atoms with Crippen LogP contribution >= 0.6 is 11.6 Å². The summed E-state index contributed by atoms with van der Waals surface area (Å²) in [6.45, 7) is 7.59. The van der Waals surface area contributed by atoms with E-state index in [1.165, 1.54) is 18.9 Å². The van der Waals surface area contributed by atoms with Crippen LogP contribution in [-0.2, 0) is 27.3 Å². The predicted octanol–water partition coefficient (Wildman–Crippen LogP) is 3.72. The van der Waals surface area contributed by atoms with E-state index >= 15 is 0 Å². The highest BCUT2D eigenvalue weighted by Crippen LogP contribution is 2.66. The molecule has 6 atom stereocenters. The largest absolute Gasteiger partial charge is 0.508 e. The summed E-state index contributed by atoms with van der Waals surface area (Å²) in [5, 5.41) is 44.9. The number of amides is 1. The number of nitrogens with zero attached hydrogens (tertiary/aromatic N) is 1. The Balaban J connectivity index is 1.37. The number of nitrogens with two attached hydrogens (primary N) is 1. The van der Waals surface area contributed by atoms with Crippen LogP contribution in [0.1, 0.15) is 69.6 Å². The van der Waals surface area contributed by atoms with E-state index in [1.807, 2.05) is 0 Å². The summed E-state index contributed by atoms with van der Waals surface area (Å²) in [6.07, 6.45) is 3.41. The smallest absolute Gasteiger partial charge is 0.255 e. The van der Waals surface area contributed by atoms with E-state index in [9.17, 15) is 34.8 Å². The van der Waals surface area contributed by atoms with Crippen LogP contribution < -0.4 is 5.73 Å². The summed E-state index contributed by atoms with van der Waals surface area (Å²) in [6, 6.07) is 1.87. The summed E-state index contributed by atoms with van der Waals surface area (Å²) in [5.74, 6) is -5.83. The fourth-order valence-corrected chi connectivity index (χ4v) is 9.33. The first kappa shape index (κ1) is 28.2. The van der Waals surface area contributed by atoms with Gasteiger partial charge in [-0.25, -0.2) is 0 Å². The van der Waals surface area contributed by atoms with Gasteiger partial charge in [-0.2, -0.15) is 0 Å². The second-order valence-corrected chi connectivity index (χ2v) is 14.0. The molecule has 2 bridgehead atoms. The second-order valence-electron chi connectivity index (χ2n) is 13.7. The maximum atomic E-state index is 13.7. The van der Waals surface area contributed by atoms with Gasteiger partial charge in [0.1, 0.15) is 22.8 Å². The molecule has 5 aliphatic carbocycles. The Labute approximate surface area is 243 Å². The van der Waals surface area contributed by atoms with Gasteiger partial charge in [-0.15, -0.1) is 0 Å². The molecule has 41 heavy (non-hydrogen) atoms. The van der Waals surface area contributed by atoms with Crippen molar-refractivity contribution in [3.63, 3.8) is 0 Å². The van der Waals surface area contributed by atoms with Gasteiger partial charge in [-0.05, 0) is 79.0 Å².